The molecule has 194 valence electrons. The number of nitrogens with zero attached hydrogens (tertiary/aromatic N) is 1. The van der Waals surface area contributed by atoms with E-state index in [9.17, 15) is 24.3 Å². The number of fused-ring (bicyclic) bond motifs is 1. The summed E-state index contributed by atoms with van der Waals surface area (Å²) in [7, 11) is 0. The summed E-state index contributed by atoms with van der Waals surface area (Å²) < 4.78 is 5.42. The fourth-order valence-corrected chi connectivity index (χ4v) is 4.42. The highest BCUT2D eigenvalue weighted by atomic mass is 16.6. The van der Waals surface area contributed by atoms with Crippen LogP contribution in [0.5, 0.6) is 0 Å². The molecule has 2 amide bonds. The number of aliphatic carboxylic acids is 1. The zero-order chi connectivity index (χ0) is 26.3. The van der Waals surface area contributed by atoms with Crippen LogP contribution in [0.1, 0.15) is 93.9 Å². The van der Waals surface area contributed by atoms with Crippen LogP contribution in [0.4, 0.5) is 0 Å². The number of carbonyl (C=O) groups excluding carboxylic acids is 3. The first kappa shape index (κ1) is 28.5. The van der Waals surface area contributed by atoms with E-state index < -0.39 is 41.2 Å². The number of carboxylic acid groups (broad SMARTS) is 1. The third-order valence-corrected chi connectivity index (χ3v) is 6.15. The number of ether oxygens (including phenoxy) is 1. The topological polar surface area (TPSA) is 127 Å². The number of hydrogen-bond acceptors (Lipinski definition) is 6. The van der Waals surface area contributed by atoms with E-state index in [2.05, 4.69) is 0 Å². The first-order chi connectivity index (χ1) is 16.3. The molecule has 1 saturated carbocycles. The molecule has 1 aromatic rings. The molecule has 1 aliphatic carbocycles. The second-order valence-corrected chi connectivity index (χ2v) is 10.9. The monoisotopic (exact) mass is 488 g/mol. The molecule has 1 heterocycles. The number of nitrogens with two attached hydrogens (primary N) is 1. The standard InChI is InChI=1S/C21H27NO6.C6H13N/c1-12(2)10-15(19(25)26)16(20(27)28-21(3,4)5)11-22-17(23)13-8-6-7-9-14(13)18(22)24;7-6-4-2-1-3-5-6/h6-9,12,15-16H,10-11H2,1-5H3,(H,25,26);6H,1-5,7H2/t15?,16-;/m0./s1. The summed E-state index contributed by atoms with van der Waals surface area (Å²) in [6, 6.07) is 6.92. The van der Waals surface area contributed by atoms with Gasteiger partial charge in [-0.05, 0) is 58.1 Å². The molecule has 1 aromatic carbocycles. The molecule has 2 aliphatic rings. The summed E-state index contributed by atoms with van der Waals surface area (Å²) in [6.45, 7) is 8.42. The number of benzene rings is 1. The maximum Gasteiger partial charge on any atom is 0.312 e. The van der Waals surface area contributed by atoms with E-state index in [0.29, 0.717) is 6.04 Å². The normalized spacial score (nSPS) is 18.0. The first-order valence-electron chi connectivity index (χ1n) is 12.5. The summed E-state index contributed by atoms with van der Waals surface area (Å²) >= 11 is 0. The Bertz CT molecular complexity index is 879. The van der Waals surface area contributed by atoms with Crippen LogP contribution in [-0.4, -0.2) is 51.9 Å². The maximum atomic E-state index is 12.8. The van der Waals surface area contributed by atoms with E-state index in [4.69, 9.17) is 10.5 Å². The highest BCUT2D eigenvalue weighted by Crippen LogP contribution is 2.29. The number of amides is 2. The predicted octanol–water partition coefficient (Wildman–Crippen LogP) is 4.27. The molecular weight excluding hydrogens is 448 g/mol. The average molecular weight is 489 g/mol. The Morgan fingerprint density at radius 2 is 1.54 bits per heavy atom. The Balaban J connectivity index is 0.000000527. The molecule has 0 bridgehead atoms. The van der Waals surface area contributed by atoms with E-state index in [1.54, 1.807) is 45.0 Å². The molecule has 0 aromatic heterocycles. The zero-order valence-corrected chi connectivity index (χ0v) is 21.6. The van der Waals surface area contributed by atoms with Gasteiger partial charge in [0.2, 0.25) is 0 Å². The van der Waals surface area contributed by atoms with Crippen molar-refractivity contribution in [1.29, 1.82) is 0 Å². The number of rotatable bonds is 7. The van der Waals surface area contributed by atoms with Crippen LogP contribution < -0.4 is 5.73 Å². The molecule has 0 spiro atoms. The van der Waals surface area contributed by atoms with Gasteiger partial charge in [-0.2, -0.15) is 0 Å². The van der Waals surface area contributed by atoms with Gasteiger partial charge in [0.15, 0.2) is 0 Å². The smallest absolute Gasteiger partial charge is 0.312 e. The Kier molecular flexibility index (Phi) is 10.0. The molecule has 1 fully saturated rings. The van der Waals surface area contributed by atoms with Crippen LogP contribution in [0, 0.1) is 17.8 Å². The van der Waals surface area contributed by atoms with Gasteiger partial charge >= 0.3 is 11.9 Å². The molecule has 8 nitrogen and oxygen atoms in total. The summed E-state index contributed by atoms with van der Waals surface area (Å²) in [5.74, 6) is -5.14. The van der Waals surface area contributed by atoms with Crippen LogP contribution in [0.15, 0.2) is 24.3 Å². The van der Waals surface area contributed by atoms with Crippen molar-refractivity contribution < 1.29 is 29.0 Å². The van der Waals surface area contributed by atoms with Gasteiger partial charge in [0.05, 0.1) is 23.0 Å². The molecule has 2 atom stereocenters. The third kappa shape index (κ3) is 8.16. The summed E-state index contributed by atoms with van der Waals surface area (Å²) in [5, 5.41) is 9.72. The Morgan fingerprint density at radius 1 is 1.03 bits per heavy atom. The van der Waals surface area contributed by atoms with E-state index in [-0.39, 0.29) is 30.0 Å². The minimum Gasteiger partial charge on any atom is -0.481 e. The highest BCUT2D eigenvalue weighted by molar-refractivity contribution is 6.21. The lowest BCUT2D eigenvalue weighted by Crippen LogP contribution is -2.44. The lowest BCUT2D eigenvalue weighted by molar-refractivity contribution is -0.167. The van der Waals surface area contributed by atoms with Gasteiger partial charge in [-0.3, -0.25) is 24.1 Å². The van der Waals surface area contributed by atoms with E-state index >= 15 is 0 Å². The molecular formula is C27H40N2O6. The van der Waals surface area contributed by atoms with Crippen LogP contribution in [0.2, 0.25) is 0 Å². The van der Waals surface area contributed by atoms with Crippen molar-refractivity contribution in [3.8, 4) is 0 Å². The first-order valence-corrected chi connectivity index (χ1v) is 12.5. The molecule has 8 heteroatoms. The molecule has 0 saturated heterocycles. The Hall–Kier alpha value is -2.74. The minimum absolute atomic E-state index is 0.00761. The second-order valence-electron chi connectivity index (χ2n) is 10.9. The molecule has 1 aliphatic heterocycles. The fraction of sp³-hybridized carbons (Fsp3) is 0.630. The predicted molar refractivity (Wildman–Crippen MR) is 133 cm³/mol. The van der Waals surface area contributed by atoms with Crippen molar-refractivity contribution in [2.75, 3.05) is 6.54 Å². The number of esters is 1. The molecule has 0 radical (unpaired) electrons. The number of imide groups is 1. The quantitative estimate of drug-likeness (QED) is 0.433. The maximum absolute atomic E-state index is 12.8. The van der Waals surface area contributed by atoms with Crippen molar-refractivity contribution in [3.63, 3.8) is 0 Å². The van der Waals surface area contributed by atoms with Gasteiger partial charge in [-0.15, -0.1) is 0 Å². The summed E-state index contributed by atoms with van der Waals surface area (Å²) in [4.78, 5) is 51.0. The van der Waals surface area contributed by atoms with Gasteiger partial charge in [0, 0.05) is 12.6 Å². The van der Waals surface area contributed by atoms with Crippen LogP contribution in [0.3, 0.4) is 0 Å². The average Bonchev–Trinajstić information content (AvgIpc) is 3.00. The van der Waals surface area contributed by atoms with Crippen LogP contribution >= 0.6 is 0 Å². The largest absolute Gasteiger partial charge is 0.481 e. The van der Waals surface area contributed by atoms with Crippen molar-refractivity contribution in [1.82, 2.24) is 4.90 Å². The van der Waals surface area contributed by atoms with Crippen molar-refractivity contribution in [2.45, 2.75) is 84.8 Å². The molecule has 35 heavy (non-hydrogen) atoms. The summed E-state index contributed by atoms with van der Waals surface area (Å²) in [6.07, 6.45) is 6.89. The lowest BCUT2D eigenvalue weighted by Gasteiger charge is -2.30. The van der Waals surface area contributed by atoms with Crippen LogP contribution in [0.25, 0.3) is 0 Å². The van der Waals surface area contributed by atoms with Gasteiger partial charge in [0.25, 0.3) is 11.8 Å². The van der Waals surface area contributed by atoms with Crippen molar-refractivity contribution >= 4 is 23.8 Å². The number of carboxylic acids is 1. The van der Waals surface area contributed by atoms with Gasteiger partial charge in [-0.1, -0.05) is 45.2 Å². The second kappa shape index (κ2) is 12.3. The third-order valence-electron chi connectivity index (χ3n) is 6.15. The molecule has 3 N–H and O–H groups in total. The van der Waals surface area contributed by atoms with Crippen LogP contribution in [-0.2, 0) is 14.3 Å². The molecule has 3 rings (SSSR count). The Labute approximate surface area is 208 Å². The zero-order valence-electron chi connectivity index (χ0n) is 21.6. The molecule has 1 unspecified atom stereocenters. The minimum atomic E-state index is -1.15. The van der Waals surface area contributed by atoms with Crippen molar-refractivity contribution in [3.05, 3.63) is 35.4 Å². The van der Waals surface area contributed by atoms with E-state index in [1.165, 1.54) is 32.1 Å². The highest BCUT2D eigenvalue weighted by Gasteiger charge is 2.43. The number of hydrogen-bond donors (Lipinski definition) is 2. The van der Waals surface area contributed by atoms with E-state index in [0.717, 1.165) is 4.90 Å². The van der Waals surface area contributed by atoms with Gasteiger partial charge < -0.3 is 15.6 Å². The van der Waals surface area contributed by atoms with Gasteiger partial charge in [0.1, 0.15) is 5.60 Å². The Morgan fingerprint density at radius 3 is 1.91 bits per heavy atom. The van der Waals surface area contributed by atoms with Gasteiger partial charge in [-0.25, -0.2) is 0 Å². The SMILES string of the molecule is CC(C)CC(C(=O)O)[C@H](CN1C(=O)c2ccccc2C1=O)C(=O)OC(C)(C)C.NC1CCCCC1. The lowest BCUT2D eigenvalue weighted by atomic mass is 9.84. The van der Waals surface area contributed by atoms with E-state index in [1.807, 2.05) is 13.8 Å². The van der Waals surface area contributed by atoms with Crippen molar-refractivity contribution in [2.24, 2.45) is 23.5 Å². The summed E-state index contributed by atoms with van der Waals surface area (Å²) in [5.41, 5.74) is 5.32. The number of carbonyl (C=O) groups is 4. The fourth-order valence-electron chi connectivity index (χ4n) is 4.42.